The van der Waals surface area contributed by atoms with Gasteiger partial charge < -0.3 is 20.5 Å². The number of rotatable bonds is 5. The maximum Gasteiger partial charge on any atom is 0.315 e. The van der Waals surface area contributed by atoms with Crippen molar-refractivity contribution in [2.24, 2.45) is 0 Å². The second-order valence-corrected chi connectivity index (χ2v) is 5.80. The van der Waals surface area contributed by atoms with Crippen molar-refractivity contribution in [3.8, 4) is 5.75 Å². The van der Waals surface area contributed by atoms with Gasteiger partial charge in [-0.1, -0.05) is 25.0 Å². The van der Waals surface area contributed by atoms with Gasteiger partial charge in [0.1, 0.15) is 5.75 Å². The summed E-state index contributed by atoms with van der Waals surface area (Å²) in [5.74, 6) is 0.803. The van der Waals surface area contributed by atoms with E-state index in [9.17, 15) is 9.90 Å². The van der Waals surface area contributed by atoms with Crippen LogP contribution in [0, 0.1) is 0 Å². The van der Waals surface area contributed by atoms with Crippen molar-refractivity contribution in [2.75, 3.05) is 6.61 Å². The lowest BCUT2D eigenvalue weighted by molar-refractivity contribution is 0.0941. The van der Waals surface area contributed by atoms with Gasteiger partial charge in [-0.05, 0) is 44.4 Å². The molecule has 3 atom stereocenters. The Morgan fingerprint density at radius 2 is 2.18 bits per heavy atom. The Morgan fingerprint density at radius 3 is 2.91 bits per heavy atom. The van der Waals surface area contributed by atoms with Crippen molar-refractivity contribution in [3.63, 3.8) is 0 Å². The number of carbonyl (C=O) groups excluding carboxylic acids is 1. The van der Waals surface area contributed by atoms with Gasteiger partial charge in [0.2, 0.25) is 0 Å². The minimum atomic E-state index is -0.434. The van der Waals surface area contributed by atoms with Crippen LogP contribution in [0.5, 0.6) is 5.75 Å². The van der Waals surface area contributed by atoms with E-state index in [0.717, 1.165) is 37.0 Å². The molecular weight excluding hydrogens is 280 g/mol. The van der Waals surface area contributed by atoms with Crippen molar-refractivity contribution in [3.05, 3.63) is 29.8 Å². The highest BCUT2D eigenvalue weighted by atomic mass is 16.5. The van der Waals surface area contributed by atoms with Crippen molar-refractivity contribution in [1.82, 2.24) is 10.6 Å². The highest BCUT2D eigenvalue weighted by Gasteiger charge is 2.24. The van der Waals surface area contributed by atoms with E-state index in [1.165, 1.54) is 0 Å². The van der Waals surface area contributed by atoms with Crippen LogP contribution in [0.15, 0.2) is 24.3 Å². The van der Waals surface area contributed by atoms with Gasteiger partial charge in [0.25, 0.3) is 0 Å². The van der Waals surface area contributed by atoms with E-state index in [2.05, 4.69) is 10.6 Å². The molecule has 0 bridgehead atoms. The molecule has 0 saturated heterocycles. The van der Waals surface area contributed by atoms with Crippen LogP contribution >= 0.6 is 0 Å². The third-order valence-electron chi connectivity index (χ3n) is 4.06. The van der Waals surface area contributed by atoms with E-state index < -0.39 is 6.10 Å². The Labute approximate surface area is 132 Å². The van der Waals surface area contributed by atoms with Crippen molar-refractivity contribution < 1.29 is 14.6 Å². The van der Waals surface area contributed by atoms with Crippen LogP contribution in [-0.2, 0) is 0 Å². The summed E-state index contributed by atoms with van der Waals surface area (Å²) in [6.45, 7) is 4.49. The lowest BCUT2D eigenvalue weighted by Gasteiger charge is -2.29. The lowest BCUT2D eigenvalue weighted by atomic mass is 9.93. The van der Waals surface area contributed by atoms with E-state index in [1.807, 2.05) is 38.1 Å². The molecule has 5 nitrogen and oxygen atoms in total. The highest BCUT2D eigenvalue weighted by molar-refractivity contribution is 5.74. The minimum Gasteiger partial charge on any atom is -0.494 e. The maximum atomic E-state index is 12.1. The molecule has 0 spiro atoms. The van der Waals surface area contributed by atoms with Gasteiger partial charge in [-0.3, -0.25) is 0 Å². The predicted octanol–water partition coefficient (Wildman–Crippen LogP) is 2.75. The van der Waals surface area contributed by atoms with Gasteiger partial charge in [-0.25, -0.2) is 4.79 Å². The van der Waals surface area contributed by atoms with Crippen LogP contribution in [0.3, 0.4) is 0 Å². The molecule has 1 aliphatic carbocycles. The quantitative estimate of drug-likeness (QED) is 0.783. The van der Waals surface area contributed by atoms with Crippen LogP contribution in [0.2, 0.25) is 0 Å². The average Bonchev–Trinajstić information content (AvgIpc) is 2.50. The molecule has 1 aromatic rings. The molecule has 0 heterocycles. The first-order chi connectivity index (χ1) is 10.6. The predicted molar refractivity (Wildman–Crippen MR) is 86.0 cm³/mol. The molecule has 1 saturated carbocycles. The third kappa shape index (κ3) is 4.63. The number of urea groups is 1. The minimum absolute atomic E-state index is 0.124. The SMILES string of the molecule is CCOc1cccc(C(C)NC(=O)NC2CCCCC2O)c1. The molecule has 122 valence electrons. The summed E-state index contributed by atoms with van der Waals surface area (Å²) >= 11 is 0. The number of nitrogens with one attached hydrogen (secondary N) is 2. The third-order valence-corrected chi connectivity index (χ3v) is 4.06. The Morgan fingerprint density at radius 1 is 1.41 bits per heavy atom. The van der Waals surface area contributed by atoms with Crippen molar-refractivity contribution >= 4 is 6.03 Å². The molecule has 1 fully saturated rings. The number of aliphatic hydroxyl groups is 1. The molecule has 5 heteroatoms. The number of benzene rings is 1. The normalized spacial score (nSPS) is 22.7. The fourth-order valence-corrected chi connectivity index (χ4v) is 2.81. The monoisotopic (exact) mass is 306 g/mol. The van der Waals surface area contributed by atoms with Crippen molar-refractivity contribution in [1.29, 1.82) is 0 Å². The van der Waals surface area contributed by atoms with Gasteiger partial charge in [0.05, 0.1) is 24.8 Å². The van der Waals surface area contributed by atoms with E-state index in [4.69, 9.17) is 4.74 Å². The van der Waals surface area contributed by atoms with Gasteiger partial charge >= 0.3 is 6.03 Å². The summed E-state index contributed by atoms with van der Waals surface area (Å²) < 4.78 is 5.48. The molecule has 3 unspecified atom stereocenters. The van der Waals surface area contributed by atoms with Gasteiger partial charge in [-0.2, -0.15) is 0 Å². The molecule has 2 amide bonds. The van der Waals surface area contributed by atoms with E-state index in [0.29, 0.717) is 6.61 Å². The Bertz CT molecular complexity index is 493. The summed E-state index contributed by atoms with van der Waals surface area (Å²) in [6, 6.07) is 7.21. The molecule has 0 radical (unpaired) electrons. The zero-order valence-electron chi connectivity index (χ0n) is 13.3. The van der Waals surface area contributed by atoms with Gasteiger partial charge in [-0.15, -0.1) is 0 Å². The maximum absolute atomic E-state index is 12.1. The summed E-state index contributed by atoms with van der Waals surface area (Å²) in [6.07, 6.45) is 3.24. The molecule has 0 aliphatic heterocycles. The fourth-order valence-electron chi connectivity index (χ4n) is 2.81. The standard InChI is InChI=1S/C17H26N2O3/c1-3-22-14-8-6-7-13(11-14)12(2)18-17(21)19-15-9-4-5-10-16(15)20/h6-8,11-12,15-16,20H,3-5,9-10H2,1-2H3,(H2,18,19,21). The van der Waals surface area contributed by atoms with Crippen LogP contribution in [-0.4, -0.2) is 29.9 Å². The van der Waals surface area contributed by atoms with Gasteiger partial charge in [0, 0.05) is 0 Å². The number of ether oxygens (including phenoxy) is 1. The Balaban J connectivity index is 1.89. The number of hydrogen-bond donors (Lipinski definition) is 3. The average molecular weight is 306 g/mol. The first kappa shape index (κ1) is 16.6. The molecule has 1 aliphatic rings. The zero-order chi connectivity index (χ0) is 15.9. The highest BCUT2D eigenvalue weighted by Crippen LogP contribution is 2.20. The summed E-state index contributed by atoms with van der Waals surface area (Å²) in [4.78, 5) is 12.1. The number of aliphatic hydroxyl groups excluding tert-OH is 1. The van der Waals surface area contributed by atoms with Crippen LogP contribution in [0.4, 0.5) is 4.79 Å². The largest absolute Gasteiger partial charge is 0.494 e. The molecule has 1 aromatic carbocycles. The second-order valence-electron chi connectivity index (χ2n) is 5.80. The van der Waals surface area contributed by atoms with Crippen molar-refractivity contribution in [2.45, 2.75) is 57.7 Å². The first-order valence-corrected chi connectivity index (χ1v) is 8.08. The van der Waals surface area contributed by atoms with Gasteiger partial charge in [0.15, 0.2) is 0 Å². The molecular formula is C17H26N2O3. The lowest BCUT2D eigenvalue weighted by Crippen LogP contribution is -2.49. The topological polar surface area (TPSA) is 70.6 Å². The molecule has 2 rings (SSSR count). The molecule has 3 N–H and O–H groups in total. The molecule has 22 heavy (non-hydrogen) atoms. The van der Waals surface area contributed by atoms with Crippen LogP contribution in [0.25, 0.3) is 0 Å². The Kier molecular flexibility index (Phi) is 6.07. The smallest absolute Gasteiger partial charge is 0.315 e. The summed E-state index contributed by atoms with van der Waals surface area (Å²) in [5, 5.41) is 15.7. The number of hydrogen-bond acceptors (Lipinski definition) is 3. The van der Waals surface area contributed by atoms with Crippen LogP contribution in [0.1, 0.15) is 51.1 Å². The fraction of sp³-hybridized carbons (Fsp3) is 0.588. The second kappa shape index (κ2) is 8.03. The number of amides is 2. The van der Waals surface area contributed by atoms with E-state index >= 15 is 0 Å². The summed E-state index contributed by atoms with van der Waals surface area (Å²) in [7, 11) is 0. The zero-order valence-corrected chi connectivity index (χ0v) is 13.3. The van der Waals surface area contributed by atoms with Crippen LogP contribution < -0.4 is 15.4 Å². The molecule has 0 aromatic heterocycles. The first-order valence-electron chi connectivity index (χ1n) is 8.08. The summed E-state index contributed by atoms with van der Waals surface area (Å²) in [5.41, 5.74) is 0.991. The van der Waals surface area contributed by atoms with E-state index in [-0.39, 0.29) is 18.1 Å². The Hall–Kier alpha value is -1.75. The number of carbonyl (C=O) groups is 1. The van der Waals surface area contributed by atoms with E-state index in [1.54, 1.807) is 0 Å².